The van der Waals surface area contributed by atoms with Crippen molar-refractivity contribution in [3.8, 4) is 5.75 Å². The van der Waals surface area contributed by atoms with Crippen LogP contribution in [0.15, 0.2) is 119 Å². The van der Waals surface area contributed by atoms with Crippen molar-refractivity contribution in [2.75, 3.05) is 31.1 Å². The van der Waals surface area contributed by atoms with Gasteiger partial charge in [0.15, 0.2) is 0 Å². The van der Waals surface area contributed by atoms with Crippen LogP contribution in [0.1, 0.15) is 24.1 Å². The van der Waals surface area contributed by atoms with Gasteiger partial charge in [0.25, 0.3) is 0 Å². The first-order valence-corrected chi connectivity index (χ1v) is 14.9. The molecule has 0 N–H and O–H groups in total. The molecule has 0 aliphatic carbocycles. The lowest BCUT2D eigenvalue weighted by atomic mass is 10.1. The summed E-state index contributed by atoms with van der Waals surface area (Å²) in [6.45, 7) is 1.42. The van der Waals surface area contributed by atoms with Crippen molar-refractivity contribution in [1.82, 2.24) is 4.68 Å². The van der Waals surface area contributed by atoms with Gasteiger partial charge in [0, 0.05) is 49.7 Å². The van der Waals surface area contributed by atoms with Crippen LogP contribution in [0.5, 0.6) is 5.75 Å². The first-order chi connectivity index (χ1) is 21.9. The molecule has 5 aromatic carbocycles. The minimum Gasteiger partial charge on any atom is -0.427 e. The third-order valence-electron chi connectivity index (χ3n) is 8.28. The van der Waals surface area contributed by atoms with Crippen molar-refractivity contribution in [3.63, 3.8) is 0 Å². The zero-order valence-electron chi connectivity index (χ0n) is 25.7. The van der Waals surface area contributed by atoms with E-state index in [1.165, 1.54) is 6.92 Å². The molecule has 1 aliphatic heterocycles. The molecule has 1 atom stereocenters. The monoisotopic (exact) mass is 591 g/mol. The molecule has 1 aromatic heterocycles. The number of nitrogens with zero attached hydrogens (tertiary/aromatic N) is 5. The van der Waals surface area contributed by atoms with Crippen LogP contribution in [0.2, 0.25) is 0 Å². The van der Waals surface area contributed by atoms with Gasteiger partial charge in [0.05, 0.1) is 28.3 Å². The van der Waals surface area contributed by atoms with Crippen LogP contribution in [0.3, 0.4) is 0 Å². The second-order valence-corrected chi connectivity index (χ2v) is 11.5. The minimum absolute atomic E-state index is 0.0184. The van der Waals surface area contributed by atoms with Gasteiger partial charge in [-0.2, -0.15) is 5.11 Å². The standard InChI is InChI=1S/C38H33N5O2/c1-25(44)45-31-20-21-36-34(23-31)33(22-26-12-18-30(19-13-26)41(2)3)38-24-37(42(4)43(36)38)28-14-16-29(17-15-28)39-40-35-11-7-9-27-8-5-6-10-32(27)35/h5-24,37H,1-4H3/b33-22-,40-39?. The van der Waals surface area contributed by atoms with Crippen molar-refractivity contribution in [2.24, 2.45) is 10.2 Å². The number of ether oxygens (including phenoxy) is 1. The second kappa shape index (κ2) is 11.4. The van der Waals surface area contributed by atoms with E-state index in [1.807, 2.05) is 68.7 Å². The van der Waals surface area contributed by atoms with E-state index in [4.69, 9.17) is 4.74 Å². The molecule has 1 aliphatic rings. The van der Waals surface area contributed by atoms with Crippen molar-refractivity contribution in [2.45, 2.75) is 13.0 Å². The van der Waals surface area contributed by atoms with E-state index in [-0.39, 0.29) is 12.0 Å². The maximum absolute atomic E-state index is 11.7. The van der Waals surface area contributed by atoms with Gasteiger partial charge < -0.3 is 14.6 Å². The average molecular weight is 592 g/mol. The molecule has 0 amide bonds. The summed E-state index contributed by atoms with van der Waals surface area (Å²) in [5, 5.41) is 16.8. The van der Waals surface area contributed by atoms with Gasteiger partial charge in [-0.25, -0.2) is 0 Å². The Kier molecular flexibility index (Phi) is 7.14. The number of benzene rings is 5. The number of hydrogen-bond acceptors (Lipinski definition) is 6. The first kappa shape index (κ1) is 28.1. The number of fused-ring (bicyclic) bond motifs is 4. The number of hydrogen-bond donors (Lipinski definition) is 0. The fraction of sp³-hybridized carbons (Fsp3) is 0.132. The highest BCUT2D eigenvalue weighted by Gasteiger charge is 2.25. The van der Waals surface area contributed by atoms with E-state index in [0.29, 0.717) is 5.75 Å². The summed E-state index contributed by atoms with van der Waals surface area (Å²) < 4.78 is 7.70. The molecule has 6 aromatic rings. The molecule has 1 unspecified atom stereocenters. The Hall–Kier alpha value is -5.69. The number of carbonyl (C=O) groups is 1. The average Bonchev–Trinajstić information content (AvgIpc) is 3.54. The van der Waals surface area contributed by atoms with E-state index in [9.17, 15) is 4.79 Å². The van der Waals surface area contributed by atoms with Gasteiger partial charge in [-0.1, -0.05) is 60.7 Å². The largest absolute Gasteiger partial charge is 0.427 e. The molecule has 0 saturated carbocycles. The predicted octanol–water partition coefficient (Wildman–Crippen LogP) is 7.13. The topological polar surface area (TPSA) is 62.4 Å². The molecule has 0 saturated heterocycles. The number of carbonyl (C=O) groups excluding carboxylic acids is 1. The van der Waals surface area contributed by atoms with Gasteiger partial charge in [-0.3, -0.25) is 9.47 Å². The Morgan fingerprint density at radius 1 is 0.844 bits per heavy atom. The van der Waals surface area contributed by atoms with Crippen molar-refractivity contribution in [3.05, 3.63) is 131 Å². The Morgan fingerprint density at radius 2 is 1.60 bits per heavy atom. The summed E-state index contributed by atoms with van der Waals surface area (Å²) in [4.78, 5) is 13.8. The van der Waals surface area contributed by atoms with E-state index in [2.05, 4.69) is 98.6 Å². The second-order valence-electron chi connectivity index (χ2n) is 11.5. The van der Waals surface area contributed by atoms with Crippen LogP contribution in [0, 0.1) is 0 Å². The van der Waals surface area contributed by atoms with Crippen LogP contribution in [0.4, 0.5) is 17.1 Å². The SMILES string of the molecule is CC(=O)Oc1ccc2c(c1)/c(=C/c1ccc(N(C)C)cc1)c1n2N(C)C(c2ccc(N=Nc3cccc4ccccc34)cc2)C=1. The maximum atomic E-state index is 11.7. The number of rotatable bonds is 6. The number of esters is 1. The Morgan fingerprint density at radius 3 is 2.36 bits per heavy atom. The molecular weight excluding hydrogens is 558 g/mol. The van der Waals surface area contributed by atoms with Crippen LogP contribution in [0.25, 0.3) is 33.8 Å². The Bertz CT molecular complexity index is 2210. The summed E-state index contributed by atoms with van der Waals surface area (Å²) in [7, 11) is 6.17. The third kappa shape index (κ3) is 5.33. The van der Waals surface area contributed by atoms with Gasteiger partial charge >= 0.3 is 5.97 Å². The highest BCUT2D eigenvalue weighted by Crippen LogP contribution is 2.30. The highest BCUT2D eigenvalue weighted by atomic mass is 16.5. The van der Waals surface area contributed by atoms with Gasteiger partial charge in [-0.05, 0) is 77.2 Å². The molecule has 0 spiro atoms. The van der Waals surface area contributed by atoms with Crippen molar-refractivity contribution >= 4 is 56.9 Å². The summed E-state index contributed by atoms with van der Waals surface area (Å²) in [5.74, 6) is 0.194. The third-order valence-corrected chi connectivity index (χ3v) is 8.28. The Labute approximate surface area is 261 Å². The summed E-state index contributed by atoms with van der Waals surface area (Å²) in [6, 6.07) is 36.9. The lowest BCUT2D eigenvalue weighted by Crippen LogP contribution is -2.35. The van der Waals surface area contributed by atoms with Crippen LogP contribution in [-0.2, 0) is 4.79 Å². The van der Waals surface area contributed by atoms with Crippen molar-refractivity contribution < 1.29 is 9.53 Å². The maximum Gasteiger partial charge on any atom is 0.308 e. The van der Waals surface area contributed by atoms with Crippen molar-refractivity contribution in [1.29, 1.82) is 0 Å². The lowest BCUT2D eigenvalue weighted by Gasteiger charge is -2.25. The summed E-state index contributed by atoms with van der Waals surface area (Å²) in [6.07, 6.45) is 4.49. The summed E-state index contributed by atoms with van der Waals surface area (Å²) in [5.41, 5.74) is 6.07. The fourth-order valence-electron chi connectivity index (χ4n) is 6.05. The lowest BCUT2D eigenvalue weighted by molar-refractivity contribution is -0.131. The number of anilines is 1. The molecule has 0 radical (unpaired) electrons. The van der Waals surface area contributed by atoms with Crippen LogP contribution in [-0.4, -0.2) is 31.8 Å². The number of azo groups is 1. The Balaban J connectivity index is 1.27. The molecule has 0 fully saturated rings. The normalized spacial score (nSPS) is 14.7. The molecular formula is C38H33N5O2. The van der Waals surface area contributed by atoms with Gasteiger partial charge in [0.2, 0.25) is 0 Å². The molecule has 2 heterocycles. The van der Waals surface area contributed by atoms with E-state index in [0.717, 1.165) is 60.4 Å². The fourth-order valence-corrected chi connectivity index (χ4v) is 6.05. The van der Waals surface area contributed by atoms with Gasteiger partial charge in [-0.15, -0.1) is 5.11 Å². The first-order valence-electron chi connectivity index (χ1n) is 14.9. The zero-order chi connectivity index (χ0) is 31.1. The zero-order valence-corrected chi connectivity index (χ0v) is 25.7. The molecule has 7 heteroatoms. The molecule has 7 rings (SSSR count). The highest BCUT2D eigenvalue weighted by molar-refractivity contribution is 5.92. The van der Waals surface area contributed by atoms with E-state index >= 15 is 0 Å². The molecule has 222 valence electrons. The molecule has 45 heavy (non-hydrogen) atoms. The van der Waals surface area contributed by atoms with Gasteiger partial charge in [0.1, 0.15) is 5.75 Å². The number of aromatic nitrogens is 1. The van der Waals surface area contributed by atoms with Crippen LogP contribution < -0.4 is 25.2 Å². The smallest absolute Gasteiger partial charge is 0.308 e. The van der Waals surface area contributed by atoms with E-state index < -0.39 is 0 Å². The minimum atomic E-state index is -0.338. The molecule has 0 bridgehead atoms. The quantitative estimate of drug-likeness (QED) is 0.117. The molecule has 7 nitrogen and oxygen atoms in total. The van der Waals surface area contributed by atoms with Crippen LogP contribution >= 0.6 is 0 Å². The predicted molar refractivity (Wildman–Crippen MR) is 183 cm³/mol. The van der Waals surface area contributed by atoms with E-state index in [1.54, 1.807) is 0 Å². The summed E-state index contributed by atoms with van der Waals surface area (Å²) >= 11 is 0.